The number of hydrogen-bond acceptors (Lipinski definition) is 4. The second-order valence-electron chi connectivity index (χ2n) is 2.55. The Bertz CT molecular complexity index is 466. The van der Waals surface area contributed by atoms with Gasteiger partial charge < -0.3 is 0 Å². The molecule has 0 spiro atoms. The molecule has 1 heterocycles. The average molecular weight is 255 g/mol. The Morgan fingerprint density at radius 2 is 2.12 bits per heavy atom. The highest BCUT2D eigenvalue weighted by atomic mass is 35.5. The number of nitrogens with zero attached hydrogens (tertiary/aromatic N) is 2. The van der Waals surface area contributed by atoms with Crippen LogP contribution in [-0.4, -0.2) is 15.1 Å². The number of carbonyl (C=O) groups excluding carboxylic acids is 1. The number of hydrogen-bond donors (Lipinski definition) is 0. The standard InChI is InChI=1S/C7H2ClF3N2O3/c8-6(14)5-4(9)3(7(10)11)2(1-12-5)13(15)16/h1,7H. The molecule has 0 N–H and O–H groups in total. The molecular formula is C7H2ClF3N2O3. The third-order valence-corrected chi connectivity index (χ3v) is 1.82. The molecule has 5 nitrogen and oxygen atoms in total. The monoisotopic (exact) mass is 254 g/mol. The lowest BCUT2D eigenvalue weighted by Crippen LogP contribution is -2.07. The minimum absolute atomic E-state index is 0.361. The van der Waals surface area contributed by atoms with E-state index in [1.54, 1.807) is 0 Å². The molecule has 0 aliphatic rings. The molecule has 1 aromatic rings. The van der Waals surface area contributed by atoms with Crippen molar-refractivity contribution < 1.29 is 22.9 Å². The lowest BCUT2D eigenvalue weighted by atomic mass is 10.2. The summed E-state index contributed by atoms with van der Waals surface area (Å²) in [5.74, 6) is -1.77. The first-order valence-electron chi connectivity index (χ1n) is 3.67. The van der Waals surface area contributed by atoms with E-state index in [1.165, 1.54) is 0 Å². The number of carbonyl (C=O) groups is 1. The SMILES string of the molecule is O=C(Cl)c1ncc([N+](=O)[O-])c(C(F)F)c1F. The van der Waals surface area contributed by atoms with E-state index >= 15 is 0 Å². The van der Waals surface area contributed by atoms with Gasteiger partial charge in [-0.2, -0.15) is 0 Å². The van der Waals surface area contributed by atoms with E-state index in [9.17, 15) is 28.1 Å². The summed E-state index contributed by atoms with van der Waals surface area (Å²) in [6.45, 7) is 0. The number of aromatic nitrogens is 1. The lowest BCUT2D eigenvalue weighted by Gasteiger charge is -2.04. The van der Waals surface area contributed by atoms with E-state index in [1.807, 2.05) is 0 Å². The average Bonchev–Trinajstić information content (AvgIpc) is 2.15. The molecule has 0 atom stereocenters. The van der Waals surface area contributed by atoms with Crippen LogP contribution in [0.4, 0.5) is 18.9 Å². The molecule has 9 heteroatoms. The number of rotatable bonds is 3. The van der Waals surface area contributed by atoms with Gasteiger partial charge in [0.05, 0.1) is 4.92 Å². The van der Waals surface area contributed by atoms with Gasteiger partial charge in [0.1, 0.15) is 11.8 Å². The molecular weight excluding hydrogens is 253 g/mol. The number of nitro groups is 1. The van der Waals surface area contributed by atoms with E-state index in [0.29, 0.717) is 6.20 Å². The van der Waals surface area contributed by atoms with Gasteiger partial charge in [-0.05, 0) is 11.6 Å². The zero-order valence-corrected chi connectivity index (χ0v) is 8.04. The van der Waals surface area contributed by atoms with Crippen molar-refractivity contribution in [3.8, 4) is 0 Å². The second kappa shape index (κ2) is 4.44. The van der Waals surface area contributed by atoms with E-state index in [4.69, 9.17) is 11.6 Å². The van der Waals surface area contributed by atoms with Crippen LogP contribution in [0.3, 0.4) is 0 Å². The first-order chi connectivity index (χ1) is 7.36. The van der Waals surface area contributed by atoms with Crippen LogP contribution in [0.2, 0.25) is 0 Å². The summed E-state index contributed by atoms with van der Waals surface area (Å²) in [7, 11) is 0. The van der Waals surface area contributed by atoms with Gasteiger partial charge >= 0.3 is 0 Å². The molecule has 0 aliphatic heterocycles. The van der Waals surface area contributed by atoms with Gasteiger partial charge in [-0.15, -0.1) is 0 Å². The fourth-order valence-corrected chi connectivity index (χ4v) is 1.11. The highest BCUT2D eigenvalue weighted by Crippen LogP contribution is 2.32. The van der Waals surface area contributed by atoms with Gasteiger partial charge in [0.15, 0.2) is 11.5 Å². The topological polar surface area (TPSA) is 73.1 Å². The number of halogens is 4. The first-order valence-corrected chi connectivity index (χ1v) is 4.04. The molecule has 0 unspecified atom stereocenters. The van der Waals surface area contributed by atoms with Crippen LogP contribution < -0.4 is 0 Å². The van der Waals surface area contributed by atoms with Crippen molar-refractivity contribution in [1.29, 1.82) is 0 Å². The van der Waals surface area contributed by atoms with Crippen LogP contribution in [0.15, 0.2) is 6.20 Å². The van der Waals surface area contributed by atoms with Crippen LogP contribution in [0.5, 0.6) is 0 Å². The lowest BCUT2D eigenvalue weighted by molar-refractivity contribution is -0.386. The van der Waals surface area contributed by atoms with E-state index < -0.39 is 39.4 Å². The van der Waals surface area contributed by atoms with Crippen LogP contribution in [0, 0.1) is 15.9 Å². The fraction of sp³-hybridized carbons (Fsp3) is 0.143. The molecule has 0 fully saturated rings. The largest absolute Gasteiger partial charge is 0.299 e. The van der Waals surface area contributed by atoms with Crippen LogP contribution in [0.25, 0.3) is 0 Å². The predicted octanol–water partition coefficient (Wildman–Crippen LogP) is 2.45. The summed E-state index contributed by atoms with van der Waals surface area (Å²) < 4.78 is 38.0. The summed E-state index contributed by atoms with van der Waals surface area (Å²) in [6.07, 6.45) is -3.08. The van der Waals surface area contributed by atoms with Crippen molar-refractivity contribution in [2.45, 2.75) is 6.43 Å². The Balaban J connectivity index is 3.54. The van der Waals surface area contributed by atoms with Crippen molar-refractivity contribution in [2.24, 2.45) is 0 Å². The van der Waals surface area contributed by atoms with E-state index in [2.05, 4.69) is 4.98 Å². The Morgan fingerprint density at radius 3 is 2.50 bits per heavy atom. The summed E-state index contributed by atoms with van der Waals surface area (Å²) in [6, 6.07) is 0. The Morgan fingerprint density at radius 1 is 1.56 bits per heavy atom. The third kappa shape index (κ3) is 2.11. The van der Waals surface area contributed by atoms with E-state index in [-0.39, 0.29) is 0 Å². The zero-order chi connectivity index (χ0) is 12.5. The fourth-order valence-electron chi connectivity index (χ4n) is 0.982. The summed E-state index contributed by atoms with van der Waals surface area (Å²) in [4.78, 5) is 22.7. The zero-order valence-electron chi connectivity index (χ0n) is 7.29. The molecule has 0 bridgehead atoms. The third-order valence-electron chi connectivity index (χ3n) is 1.64. The predicted molar refractivity (Wildman–Crippen MR) is 46.0 cm³/mol. The van der Waals surface area contributed by atoms with Gasteiger partial charge in [0, 0.05) is 0 Å². The Hall–Kier alpha value is -1.70. The highest BCUT2D eigenvalue weighted by Gasteiger charge is 2.30. The second-order valence-corrected chi connectivity index (χ2v) is 2.89. The molecule has 1 aromatic heterocycles. The van der Waals surface area contributed by atoms with E-state index in [0.717, 1.165) is 0 Å². The molecule has 0 aromatic carbocycles. The molecule has 0 amide bonds. The van der Waals surface area contributed by atoms with Gasteiger partial charge in [-0.3, -0.25) is 14.9 Å². The van der Waals surface area contributed by atoms with Crippen molar-refractivity contribution >= 4 is 22.5 Å². The highest BCUT2D eigenvalue weighted by molar-refractivity contribution is 6.67. The number of alkyl halides is 2. The van der Waals surface area contributed by atoms with Crippen molar-refractivity contribution in [1.82, 2.24) is 4.98 Å². The minimum atomic E-state index is -3.45. The normalized spacial score (nSPS) is 10.6. The molecule has 0 saturated carbocycles. The quantitative estimate of drug-likeness (QED) is 0.472. The maximum absolute atomic E-state index is 13.2. The van der Waals surface area contributed by atoms with Crippen molar-refractivity contribution in [3.05, 3.63) is 33.4 Å². The van der Waals surface area contributed by atoms with Crippen LogP contribution in [0.1, 0.15) is 22.5 Å². The van der Waals surface area contributed by atoms with Crippen molar-refractivity contribution in [2.75, 3.05) is 0 Å². The van der Waals surface area contributed by atoms with Crippen molar-refractivity contribution in [3.63, 3.8) is 0 Å². The van der Waals surface area contributed by atoms with Crippen LogP contribution >= 0.6 is 11.6 Å². The molecule has 1 rings (SSSR count). The Kier molecular flexibility index (Phi) is 3.43. The van der Waals surface area contributed by atoms with Crippen LogP contribution in [-0.2, 0) is 0 Å². The molecule has 0 radical (unpaired) electrons. The summed E-state index contributed by atoms with van der Waals surface area (Å²) >= 11 is 4.86. The van der Waals surface area contributed by atoms with Gasteiger partial charge in [-0.1, -0.05) is 0 Å². The maximum Gasteiger partial charge on any atom is 0.299 e. The molecule has 86 valence electrons. The van der Waals surface area contributed by atoms with Gasteiger partial charge in [0.2, 0.25) is 0 Å². The van der Waals surface area contributed by atoms with Gasteiger partial charge in [0.25, 0.3) is 17.4 Å². The molecule has 0 aliphatic carbocycles. The van der Waals surface area contributed by atoms with Gasteiger partial charge in [-0.25, -0.2) is 18.2 Å². The maximum atomic E-state index is 13.2. The summed E-state index contributed by atoms with van der Waals surface area (Å²) in [5.41, 5.74) is -3.76. The number of pyridine rings is 1. The Labute approximate surface area is 91.0 Å². The molecule has 0 saturated heterocycles. The first kappa shape index (κ1) is 12.4. The smallest absolute Gasteiger partial charge is 0.274 e. The summed E-state index contributed by atoms with van der Waals surface area (Å²) in [5, 5.41) is 8.90. The molecule has 16 heavy (non-hydrogen) atoms. The minimum Gasteiger partial charge on any atom is -0.274 e.